The van der Waals surface area contributed by atoms with Crippen molar-refractivity contribution in [1.82, 2.24) is 15.3 Å². The summed E-state index contributed by atoms with van der Waals surface area (Å²) in [7, 11) is 2.61. The molecule has 166 valence electrons. The molecule has 0 radical (unpaired) electrons. The van der Waals surface area contributed by atoms with Gasteiger partial charge in [0, 0.05) is 29.9 Å². The molecule has 9 heteroatoms. The highest BCUT2D eigenvalue weighted by Crippen LogP contribution is 2.25. The summed E-state index contributed by atoms with van der Waals surface area (Å²) >= 11 is 0. The topological polar surface area (TPSA) is 88.7 Å². The molecule has 1 unspecified atom stereocenters. The number of esters is 1. The van der Waals surface area contributed by atoms with Crippen LogP contribution in [0.2, 0.25) is 0 Å². The Morgan fingerprint density at radius 3 is 2.72 bits per heavy atom. The van der Waals surface area contributed by atoms with E-state index in [1.54, 1.807) is 18.5 Å². The maximum atomic E-state index is 14.6. The molecule has 0 amide bonds. The smallest absolute Gasteiger partial charge is 0.338 e. The van der Waals surface area contributed by atoms with E-state index in [-0.39, 0.29) is 16.9 Å². The molecule has 1 saturated heterocycles. The standard InChI is InChI=1S/C23H25FN5O3/c1-31-20-9-17(22(30)32-2)8-16(21(20)24)6-5-15-10-26-23(27-11-15)28-18-13-29(14-18)19-4-3-7-25-12-19/h5-6,8-11,13,19,25H,3-4,7,12,14H2,1-2H3/q+1/b6-5+,28-18?. The molecule has 0 saturated carbocycles. The van der Waals surface area contributed by atoms with Crippen LogP contribution in [0.25, 0.3) is 12.2 Å². The van der Waals surface area contributed by atoms with E-state index in [4.69, 9.17) is 9.47 Å². The summed E-state index contributed by atoms with van der Waals surface area (Å²) in [4.78, 5) is 24.8. The number of ether oxygens (including phenoxy) is 2. The first-order chi connectivity index (χ1) is 15.6. The van der Waals surface area contributed by atoms with Crippen LogP contribution in [0.3, 0.4) is 0 Å². The van der Waals surface area contributed by atoms with Gasteiger partial charge >= 0.3 is 5.97 Å². The van der Waals surface area contributed by atoms with Gasteiger partial charge in [0.1, 0.15) is 0 Å². The van der Waals surface area contributed by atoms with Crippen LogP contribution in [0.5, 0.6) is 5.75 Å². The predicted molar refractivity (Wildman–Crippen MR) is 119 cm³/mol. The van der Waals surface area contributed by atoms with Gasteiger partial charge in [-0.1, -0.05) is 12.2 Å². The lowest BCUT2D eigenvalue weighted by Crippen LogP contribution is -2.49. The molecule has 2 aromatic rings. The molecule has 8 nitrogen and oxygen atoms in total. The molecule has 3 heterocycles. The molecule has 0 bridgehead atoms. The van der Waals surface area contributed by atoms with Crippen molar-refractivity contribution in [2.45, 2.75) is 18.9 Å². The molecule has 2 aliphatic rings. The summed E-state index contributed by atoms with van der Waals surface area (Å²) in [5, 5.41) is 3.41. The molecule has 0 aliphatic carbocycles. The minimum Gasteiger partial charge on any atom is -0.494 e. The molecule has 4 rings (SSSR count). The maximum absolute atomic E-state index is 14.6. The quantitative estimate of drug-likeness (QED) is 0.551. The summed E-state index contributed by atoms with van der Waals surface area (Å²) in [5.41, 5.74) is 2.01. The molecule has 1 aromatic heterocycles. The summed E-state index contributed by atoms with van der Waals surface area (Å²) in [5.74, 6) is -0.797. The van der Waals surface area contributed by atoms with E-state index < -0.39 is 11.8 Å². The second-order valence-electron chi connectivity index (χ2n) is 7.63. The van der Waals surface area contributed by atoms with Crippen LogP contribution in [-0.4, -0.2) is 72.3 Å². The molecule has 1 atom stereocenters. The first kappa shape index (κ1) is 21.8. The molecular weight excluding hydrogens is 413 g/mol. The summed E-state index contributed by atoms with van der Waals surface area (Å²) in [6.45, 7) is 2.90. The van der Waals surface area contributed by atoms with Crippen LogP contribution >= 0.6 is 0 Å². The highest BCUT2D eigenvalue weighted by Gasteiger charge is 2.31. The number of hydrogen-bond donors (Lipinski definition) is 1. The van der Waals surface area contributed by atoms with E-state index in [1.165, 1.54) is 45.3 Å². The van der Waals surface area contributed by atoms with Crippen LogP contribution in [-0.2, 0) is 4.74 Å². The van der Waals surface area contributed by atoms with Gasteiger partial charge in [-0.25, -0.2) is 28.7 Å². The molecule has 32 heavy (non-hydrogen) atoms. The van der Waals surface area contributed by atoms with Gasteiger partial charge in [0.15, 0.2) is 36.1 Å². The Kier molecular flexibility index (Phi) is 6.65. The highest BCUT2D eigenvalue weighted by molar-refractivity contribution is 6.33. The van der Waals surface area contributed by atoms with Crippen molar-refractivity contribution in [3.8, 4) is 5.75 Å². The minimum absolute atomic E-state index is 0.0372. The number of piperidine rings is 1. The fourth-order valence-corrected chi connectivity index (χ4v) is 3.68. The number of methoxy groups -OCH3 is 2. The van der Waals surface area contributed by atoms with Crippen molar-refractivity contribution >= 4 is 36.0 Å². The van der Waals surface area contributed by atoms with E-state index in [1.807, 2.05) is 0 Å². The van der Waals surface area contributed by atoms with Gasteiger partial charge < -0.3 is 14.8 Å². The third kappa shape index (κ3) is 4.88. The van der Waals surface area contributed by atoms with Crippen molar-refractivity contribution in [3.63, 3.8) is 0 Å². The number of halogens is 1. The predicted octanol–water partition coefficient (Wildman–Crippen LogP) is 2.50. The lowest BCUT2D eigenvalue weighted by molar-refractivity contribution is -0.559. The van der Waals surface area contributed by atoms with Crippen LogP contribution in [0.1, 0.15) is 34.3 Å². The number of aromatic nitrogens is 2. The number of nitrogens with zero attached hydrogens (tertiary/aromatic N) is 4. The minimum atomic E-state index is -0.573. The zero-order valence-corrected chi connectivity index (χ0v) is 18.0. The third-order valence-electron chi connectivity index (χ3n) is 5.46. The van der Waals surface area contributed by atoms with Crippen molar-refractivity contribution < 1.29 is 23.2 Å². The number of benzene rings is 1. The zero-order chi connectivity index (χ0) is 22.5. The molecule has 1 fully saturated rings. The number of carbonyl (C=O) groups excluding carboxylic acids is 1. The lowest BCUT2D eigenvalue weighted by atomic mass is 10.0. The molecule has 2 aliphatic heterocycles. The molecule has 1 aromatic carbocycles. The fraction of sp³-hybridized carbons (Fsp3) is 0.348. The van der Waals surface area contributed by atoms with E-state index in [9.17, 15) is 9.18 Å². The van der Waals surface area contributed by atoms with Crippen LogP contribution in [0, 0.1) is 5.82 Å². The summed E-state index contributed by atoms with van der Waals surface area (Å²) in [6.07, 6.45) is 10.9. The Bertz CT molecular complexity index is 1090. The first-order valence-electron chi connectivity index (χ1n) is 10.4. The Morgan fingerprint density at radius 1 is 1.28 bits per heavy atom. The van der Waals surface area contributed by atoms with Gasteiger partial charge in [-0.3, -0.25) is 0 Å². The average molecular weight is 438 g/mol. The summed E-state index contributed by atoms with van der Waals surface area (Å²) in [6, 6.07) is 3.24. The second-order valence-corrected chi connectivity index (χ2v) is 7.63. The van der Waals surface area contributed by atoms with E-state index in [0.29, 0.717) is 17.6 Å². The molecular formula is C23H25FN5O3+. The Balaban J connectivity index is 1.45. The van der Waals surface area contributed by atoms with Crippen LogP contribution in [0.15, 0.2) is 29.5 Å². The van der Waals surface area contributed by atoms with Gasteiger partial charge in [-0.2, -0.15) is 0 Å². The Hall–Kier alpha value is -3.46. The van der Waals surface area contributed by atoms with Gasteiger partial charge in [0.05, 0.1) is 26.3 Å². The lowest BCUT2D eigenvalue weighted by Gasteiger charge is -2.24. The van der Waals surface area contributed by atoms with Crippen molar-refractivity contribution in [2.24, 2.45) is 4.99 Å². The number of carbonyl (C=O) groups is 1. The van der Waals surface area contributed by atoms with Crippen molar-refractivity contribution in [1.29, 1.82) is 0 Å². The average Bonchev–Trinajstić information content (AvgIpc) is 2.81. The van der Waals surface area contributed by atoms with Gasteiger partial charge in [-0.15, -0.1) is 0 Å². The molecule has 1 N–H and O–H groups in total. The van der Waals surface area contributed by atoms with Crippen molar-refractivity contribution in [2.75, 3.05) is 33.9 Å². The first-order valence-corrected chi connectivity index (χ1v) is 10.4. The second kappa shape index (κ2) is 9.78. The molecule has 0 spiro atoms. The largest absolute Gasteiger partial charge is 0.494 e. The van der Waals surface area contributed by atoms with Gasteiger partial charge in [-0.05, 0) is 25.1 Å². The van der Waals surface area contributed by atoms with Crippen molar-refractivity contribution in [3.05, 3.63) is 47.0 Å². The normalized spacial score (nSPS) is 19.5. The summed E-state index contributed by atoms with van der Waals surface area (Å²) < 4.78 is 26.6. The van der Waals surface area contributed by atoms with Crippen LogP contribution < -0.4 is 10.1 Å². The highest BCUT2D eigenvalue weighted by atomic mass is 19.1. The number of rotatable bonds is 6. The number of aliphatic imine (C=N–C) groups is 1. The number of hydrogen-bond acceptors (Lipinski definition) is 7. The Labute approximate surface area is 185 Å². The number of nitrogens with one attached hydrogen (secondary N) is 1. The fourth-order valence-electron chi connectivity index (χ4n) is 3.68. The van der Waals surface area contributed by atoms with E-state index in [2.05, 4.69) is 31.1 Å². The van der Waals surface area contributed by atoms with E-state index >= 15 is 0 Å². The van der Waals surface area contributed by atoms with E-state index in [0.717, 1.165) is 25.3 Å². The third-order valence-corrected chi connectivity index (χ3v) is 5.46. The zero-order valence-electron chi connectivity index (χ0n) is 18.0. The SMILES string of the molecule is COC(=O)c1cc(/C=C/c2cnc(N=C3C=[N+](C4CCCNC4)C3)nc2)c(F)c(OC)c1. The van der Waals surface area contributed by atoms with Gasteiger partial charge in [0.25, 0.3) is 0 Å². The van der Waals surface area contributed by atoms with Crippen LogP contribution in [0.4, 0.5) is 10.3 Å². The van der Waals surface area contributed by atoms with Gasteiger partial charge in [0.2, 0.25) is 5.95 Å². The Morgan fingerprint density at radius 2 is 2.06 bits per heavy atom. The monoisotopic (exact) mass is 438 g/mol. The maximum Gasteiger partial charge on any atom is 0.338 e.